The van der Waals surface area contributed by atoms with Gasteiger partial charge in [-0.05, 0) is 85.3 Å². The molecule has 2 aromatic rings. The van der Waals surface area contributed by atoms with Crippen molar-refractivity contribution in [3.05, 3.63) is 45.3 Å². The first kappa shape index (κ1) is 41.5. The van der Waals surface area contributed by atoms with Crippen LogP contribution in [0.3, 0.4) is 0 Å². The number of carboxylic acids is 1. The molecule has 1 aliphatic carbocycles. The summed E-state index contributed by atoms with van der Waals surface area (Å²) in [6, 6.07) is -0.349. The number of nitrogens with zero attached hydrogens (tertiary/aromatic N) is 2. The fraction of sp³-hybridized carbons (Fsp3) is 0.568. The number of carboxylic acid groups (broad SMARTS) is 1. The minimum Gasteiger partial charge on any atom is -0.492 e. The number of rotatable bonds is 13. The molecule has 2 fully saturated rings. The Morgan fingerprint density at radius 2 is 1.69 bits per heavy atom. The van der Waals surface area contributed by atoms with Crippen molar-refractivity contribution < 1.29 is 52.1 Å². The van der Waals surface area contributed by atoms with Crippen LogP contribution in [-0.2, 0) is 23.9 Å². The number of pyridine rings is 1. The highest BCUT2D eigenvalue weighted by Crippen LogP contribution is 2.44. The molecule has 0 bridgehead atoms. The Kier molecular flexibility index (Phi) is 13.0. The highest BCUT2D eigenvalue weighted by molar-refractivity contribution is 5.97. The van der Waals surface area contributed by atoms with Crippen LogP contribution in [0, 0.1) is 5.82 Å². The van der Waals surface area contributed by atoms with Crippen LogP contribution in [0.25, 0.3) is 10.9 Å². The van der Waals surface area contributed by atoms with Gasteiger partial charge in [-0.1, -0.05) is 0 Å². The van der Waals surface area contributed by atoms with Crippen LogP contribution < -0.4 is 31.0 Å². The summed E-state index contributed by atoms with van der Waals surface area (Å²) in [7, 11) is 1.32. The van der Waals surface area contributed by atoms with Crippen LogP contribution in [0.15, 0.2) is 28.5 Å². The molecule has 17 heteroatoms. The summed E-state index contributed by atoms with van der Waals surface area (Å²) in [6.07, 6.45) is 2.20. The third kappa shape index (κ3) is 10.9. The molecule has 54 heavy (non-hydrogen) atoms. The van der Waals surface area contributed by atoms with Crippen LogP contribution >= 0.6 is 0 Å². The number of fused-ring (bicyclic) bond motifs is 1. The van der Waals surface area contributed by atoms with Gasteiger partial charge in [0, 0.05) is 31.7 Å². The lowest BCUT2D eigenvalue weighted by Gasteiger charge is -2.33. The fourth-order valence-corrected chi connectivity index (χ4v) is 6.04. The zero-order valence-electron chi connectivity index (χ0n) is 31.7. The molecule has 296 valence electrons. The number of methoxy groups -OCH3 is 1. The second-order valence-electron chi connectivity index (χ2n) is 15.3. The van der Waals surface area contributed by atoms with E-state index < -0.39 is 82.8 Å². The predicted molar refractivity (Wildman–Crippen MR) is 194 cm³/mol. The van der Waals surface area contributed by atoms with Crippen LogP contribution in [0.2, 0.25) is 0 Å². The Hall–Kier alpha value is -5.22. The van der Waals surface area contributed by atoms with Crippen molar-refractivity contribution in [2.75, 3.05) is 38.2 Å². The molecular weight excluding hydrogens is 712 g/mol. The van der Waals surface area contributed by atoms with Gasteiger partial charge in [-0.25, -0.2) is 18.4 Å². The normalized spacial score (nSPS) is 16.3. The lowest BCUT2D eigenvalue weighted by molar-refractivity contribution is -0.155. The molecule has 1 aromatic carbocycles. The summed E-state index contributed by atoms with van der Waals surface area (Å²) in [4.78, 5) is 76.8. The van der Waals surface area contributed by atoms with Crippen LogP contribution in [-0.4, -0.2) is 90.1 Å². The van der Waals surface area contributed by atoms with Gasteiger partial charge >= 0.3 is 18.0 Å². The summed E-state index contributed by atoms with van der Waals surface area (Å²) in [6.45, 7) is 9.14. The number of piperidine rings is 1. The number of aromatic carboxylic acids is 1. The third-order valence-electron chi connectivity index (χ3n) is 8.49. The number of anilines is 1. The smallest absolute Gasteiger partial charge is 0.408 e. The summed E-state index contributed by atoms with van der Waals surface area (Å²) in [5, 5.41) is 16.7. The molecule has 15 nitrogen and oxygen atoms in total. The summed E-state index contributed by atoms with van der Waals surface area (Å²) in [5.74, 6) is -5.01. The van der Waals surface area contributed by atoms with Gasteiger partial charge in [-0.2, -0.15) is 0 Å². The Labute approximate surface area is 311 Å². The average molecular weight is 762 g/mol. The maximum atomic E-state index is 15.8. The van der Waals surface area contributed by atoms with Gasteiger partial charge in [0.25, 0.3) is 0 Å². The first-order valence-corrected chi connectivity index (χ1v) is 17.7. The molecule has 1 saturated carbocycles. The van der Waals surface area contributed by atoms with Crippen molar-refractivity contribution in [1.29, 1.82) is 0 Å². The molecule has 1 aromatic heterocycles. The van der Waals surface area contributed by atoms with E-state index in [9.17, 15) is 33.9 Å². The number of carbonyl (C=O) groups excluding carboxylic acids is 4. The van der Waals surface area contributed by atoms with Crippen LogP contribution in [0.1, 0.15) is 96.5 Å². The average Bonchev–Trinajstić information content (AvgIpc) is 3.91. The lowest BCUT2D eigenvalue weighted by atomic mass is 10.0. The maximum absolute atomic E-state index is 15.8. The van der Waals surface area contributed by atoms with E-state index in [-0.39, 0.29) is 53.3 Å². The number of nitrogens with one attached hydrogen (secondary N) is 3. The molecule has 1 saturated heterocycles. The zero-order chi connectivity index (χ0) is 40.1. The molecule has 2 heterocycles. The Morgan fingerprint density at radius 1 is 1.02 bits per heavy atom. The van der Waals surface area contributed by atoms with E-state index in [1.807, 2.05) is 0 Å². The molecule has 0 unspecified atom stereocenters. The molecule has 2 aliphatic rings. The molecule has 4 N–H and O–H groups in total. The second-order valence-corrected chi connectivity index (χ2v) is 15.3. The molecule has 1 atom stereocenters. The van der Waals surface area contributed by atoms with E-state index in [2.05, 4.69) is 16.0 Å². The van der Waals surface area contributed by atoms with E-state index >= 15 is 8.78 Å². The van der Waals surface area contributed by atoms with Gasteiger partial charge in [0.2, 0.25) is 17.2 Å². The van der Waals surface area contributed by atoms with Gasteiger partial charge in [0.1, 0.15) is 34.3 Å². The van der Waals surface area contributed by atoms with Crippen molar-refractivity contribution in [3.63, 3.8) is 0 Å². The minimum atomic E-state index is -1.43. The summed E-state index contributed by atoms with van der Waals surface area (Å²) < 4.78 is 49.2. The van der Waals surface area contributed by atoms with Crippen molar-refractivity contribution in [1.82, 2.24) is 20.5 Å². The van der Waals surface area contributed by atoms with E-state index in [0.717, 1.165) is 18.9 Å². The SMILES string of the molecule is COc1c(N2CCCC(=C(F)CNC(=O)CNC(=O)[C@H](CCC(=O)OC(C)(C)C)NC(=O)OC(C)(C)C)C2)c(F)cc2c(=O)c(C(=O)O)cn(C3CC3)c12. The fourth-order valence-electron chi connectivity index (χ4n) is 6.04. The molecule has 4 rings (SSSR count). The number of hydrogen-bond acceptors (Lipinski definition) is 10. The van der Waals surface area contributed by atoms with Gasteiger partial charge in [0.15, 0.2) is 11.6 Å². The molecule has 3 amide bonds. The van der Waals surface area contributed by atoms with E-state index in [1.165, 1.54) is 13.3 Å². The van der Waals surface area contributed by atoms with Gasteiger partial charge < -0.3 is 44.7 Å². The molecular formula is C37H49F2N5O10. The van der Waals surface area contributed by atoms with E-state index in [4.69, 9.17) is 14.2 Å². The Morgan fingerprint density at radius 3 is 2.28 bits per heavy atom. The first-order valence-electron chi connectivity index (χ1n) is 17.7. The number of amides is 3. The Bertz CT molecular complexity index is 1890. The standard InChI is InChI=1S/C37H49F2N5O10/c1-36(2,3)53-28(46)13-12-26(42-35(51)54-37(4,5)6)33(48)41-17-27(45)40-16-25(39)20-9-8-14-43(18-20)30-24(38)15-22-29(32(30)52-7)44(21-10-11-21)19-23(31(22)47)34(49)50/h15,19,21,26H,8-14,16-18H2,1-7H3,(H,40,45)(H,41,48)(H,42,51)(H,49,50)/t26-/m0/s1. The van der Waals surface area contributed by atoms with E-state index in [0.29, 0.717) is 19.4 Å². The molecule has 1 aliphatic heterocycles. The number of carbonyl (C=O) groups is 5. The second kappa shape index (κ2) is 16.8. The quantitative estimate of drug-likeness (QED) is 0.213. The largest absolute Gasteiger partial charge is 0.492 e. The van der Waals surface area contributed by atoms with Gasteiger partial charge in [-0.15, -0.1) is 0 Å². The molecule has 0 radical (unpaired) electrons. The number of alkyl carbamates (subject to hydrolysis) is 1. The number of aromatic nitrogens is 1. The summed E-state index contributed by atoms with van der Waals surface area (Å²) >= 11 is 0. The number of esters is 1. The first-order chi connectivity index (χ1) is 25.2. The van der Waals surface area contributed by atoms with Crippen molar-refractivity contribution in [2.45, 2.75) is 103 Å². The maximum Gasteiger partial charge on any atom is 0.408 e. The number of halogens is 2. The highest BCUT2D eigenvalue weighted by Gasteiger charge is 2.33. The van der Waals surface area contributed by atoms with Crippen LogP contribution in [0.5, 0.6) is 5.75 Å². The molecule has 0 spiro atoms. The Balaban J connectivity index is 1.44. The predicted octanol–water partition coefficient (Wildman–Crippen LogP) is 4.25. The van der Waals surface area contributed by atoms with Gasteiger partial charge in [-0.3, -0.25) is 19.2 Å². The van der Waals surface area contributed by atoms with E-state index in [1.54, 1.807) is 51.0 Å². The minimum absolute atomic E-state index is 0.000151. The number of benzene rings is 1. The topological polar surface area (TPSA) is 195 Å². The number of ether oxygens (including phenoxy) is 3. The number of hydrogen-bond donors (Lipinski definition) is 4. The van der Waals surface area contributed by atoms with Crippen molar-refractivity contribution in [2.24, 2.45) is 0 Å². The highest BCUT2D eigenvalue weighted by atomic mass is 19.1. The van der Waals surface area contributed by atoms with Crippen molar-refractivity contribution >= 4 is 46.4 Å². The summed E-state index contributed by atoms with van der Waals surface area (Å²) in [5.41, 5.74) is -2.41. The van der Waals surface area contributed by atoms with Crippen molar-refractivity contribution in [3.8, 4) is 5.75 Å². The third-order valence-corrected chi connectivity index (χ3v) is 8.49. The lowest BCUT2D eigenvalue weighted by Crippen LogP contribution is -2.50. The zero-order valence-corrected chi connectivity index (χ0v) is 31.7. The van der Waals surface area contributed by atoms with Gasteiger partial charge in [0.05, 0.1) is 31.1 Å². The monoisotopic (exact) mass is 761 g/mol. The van der Waals surface area contributed by atoms with Crippen LogP contribution in [0.4, 0.5) is 19.3 Å².